The SMILES string of the molecule is Cc1nc(=O)n(CC(C)C2CC2)c(C)c1CC(=O)O. The third-order valence-corrected chi connectivity index (χ3v) is 4.00. The van der Waals surface area contributed by atoms with Gasteiger partial charge < -0.3 is 5.11 Å². The number of rotatable bonds is 5. The van der Waals surface area contributed by atoms with Crippen molar-refractivity contribution in [3.63, 3.8) is 0 Å². The lowest BCUT2D eigenvalue weighted by atomic mass is 10.0. The fourth-order valence-electron chi connectivity index (χ4n) is 2.56. The van der Waals surface area contributed by atoms with Crippen LogP contribution in [0, 0.1) is 25.7 Å². The van der Waals surface area contributed by atoms with Gasteiger partial charge in [0.05, 0.1) is 6.42 Å². The van der Waals surface area contributed by atoms with Gasteiger partial charge in [-0.05, 0) is 38.5 Å². The zero-order valence-corrected chi connectivity index (χ0v) is 11.6. The Balaban J connectivity index is 2.36. The fourth-order valence-corrected chi connectivity index (χ4v) is 2.56. The van der Waals surface area contributed by atoms with Crippen molar-refractivity contribution < 1.29 is 9.90 Å². The molecule has 1 aliphatic carbocycles. The van der Waals surface area contributed by atoms with Gasteiger partial charge in [-0.3, -0.25) is 9.36 Å². The van der Waals surface area contributed by atoms with Crippen LogP contribution in [0.3, 0.4) is 0 Å². The zero-order valence-electron chi connectivity index (χ0n) is 11.6. The lowest BCUT2D eigenvalue weighted by molar-refractivity contribution is -0.136. The summed E-state index contributed by atoms with van der Waals surface area (Å²) in [5, 5.41) is 8.94. The third kappa shape index (κ3) is 3.03. The van der Waals surface area contributed by atoms with Crippen molar-refractivity contribution >= 4 is 5.97 Å². The van der Waals surface area contributed by atoms with E-state index in [1.165, 1.54) is 12.8 Å². The monoisotopic (exact) mass is 264 g/mol. The summed E-state index contributed by atoms with van der Waals surface area (Å²) in [4.78, 5) is 26.8. The Morgan fingerprint density at radius 1 is 1.47 bits per heavy atom. The number of carbonyl (C=O) groups is 1. The van der Waals surface area contributed by atoms with E-state index in [9.17, 15) is 9.59 Å². The summed E-state index contributed by atoms with van der Waals surface area (Å²) in [6.45, 7) is 6.28. The van der Waals surface area contributed by atoms with Gasteiger partial charge in [-0.1, -0.05) is 6.92 Å². The topological polar surface area (TPSA) is 72.2 Å². The Labute approximate surface area is 112 Å². The number of carboxylic acid groups (broad SMARTS) is 1. The van der Waals surface area contributed by atoms with Crippen LogP contribution < -0.4 is 5.69 Å². The second kappa shape index (κ2) is 5.15. The first-order valence-electron chi connectivity index (χ1n) is 6.69. The molecule has 1 aliphatic rings. The molecule has 1 unspecified atom stereocenters. The molecule has 19 heavy (non-hydrogen) atoms. The molecule has 1 N–H and O–H groups in total. The summed E-state index contributed by atoms with van der Waals surface area (Å²) < 4.78 is 1.63. The minimum atomic E-state index is -0.895. The maximum Gasteiger partial charge on any atom is 0.347 e. The lowest BCUT2D eigenvalue weighted by Crippen LogP contribution is -2.30. The second-order valence-electron chi connectivity index (χ2n) is 5.54. The largest absolute Gasteiger partial charge is 0.481 e. The summed E-state index contributed by atoms with van der Waals surface area (Å²) in [5.41, 5.74) is 1.67. The number of hydrogen-bond donors (Lipinski definition) is 1. The zero-order chi connectivity index (χ0) is 14.2. The van der Waals surface area contributed by atoms with Gasteiger partial charge in [0.2, 0.25) is 0 Å². The average Bonchev–Trinajstić information content (AvgIpc) is 3.13. The second-order valence-corrected chi connectivity index (χ2v) is 5.54. The number of nitrogens with zero attached hydrogens (tertiary/aromatic N) is 2. The molecule has 1 atom stereocenters. The molecule has 1 saturated carbocycles. The molecule has 0 amide bonds. The van der Waals surface area contributed by atoms with Crippen molar-refractivity contribution in [1.82, 2.24) is 9.55 Å². The molecule has 0 bridgehead atoms. The summed E-state index contributed by atoms with van der Waals surface area (Å²) >= 11 is 0. The van der Waals surface area contributed by atoms with E-state index in [0.29, 0.717) is 29.6 Å². The average molecular weight is 264 g/mol. The molecular weight excluding hydrogens is 244 g/mol. The Hall–Kier alpha value is -1.65. The van der Waals surface area contributed by atoms with E-state index in [4.69, 9.17) is 5.11 Å². The summed E-state index contributed by atoms with van der Waals surface area (Å²) in [5.74, 6) is 0.252. The van der Waals surface area contributed by atoms with Gasteiger partial charge in [-0.15, -0.1) is 0 Å². The number of aromatic nitrogens is 2. The lowest BCUT2D eigenvalue weighted by Gasteiger charge is -2.17. The molecule has 0 aromatic carbocycles. The smallest absolute Gasteiger partial charge is 0.347 e. The van der Waals surface area contributed by atoms with Crippen molar-refractivity contribution in [3.05, 3.63) is 27.4 Å². The van der Waals surface area contributed by atoms with Gasteiger partial charge in [0.1, 0.15) is 0 Å². The van der Waals surface area contributed by atoms with E-state index in [2.05, 4.69) is 11.9 Å². The minimum absolute atomic E-state index is 0.0806. The molecule has 1 aromatic heterocycles. The summed E-state index contributed by atoms with van der Waals surface area (Å²) in [6, 6.07) is 0. The number of aryl methyl sites for hydroxylation is 1. The number of aliphatic carboxylic acids is 1. The van der Waals surface area contributed by atoms with E-state index in [0.717, 1.165) is 5.69 Å². The molecule has 0 saturated heterocycles. The van der Waals surface area contributed by atoms with Crippen molar-refractivity contribution in [2.24, 2.45) is 11.8 Å². The van der Waals surface area contributed by atoms with Gasteiger partial charge in [-0.2, -0.15) is 4.98 Å². The molecule has 0 spiro atoms. The molecular formula is C14H20N2O3. The predicted molar refractivity (Wildman–Crippen MR) is 71.2 cm³/mol. The Kier molecular flexibility index (Phi) is 3.73. The van der Waals surface area contributed by atoms with E-state index in [1.54, 1.807) is 11.5 Å². The van der Waals surface area contributed by atoms with E-state index < -0.39 is 5.97 Å². The van der Waals surface area contributed by atoms with Crippen LogP contribution in [-0.4, -0.2) is 20.6 Å². The maximum absolute atomic E-state index is 12.0. The maximum atomic E-state index is 12.0. The van der Waals surface area contributed by atoms with Crippen LogP contribution in [0.1, 0.15) is 36.7 Å². The minimum Gasteiger partial charge on any atom is -0.481 e. The highest BCUT2D eigenvalue weighted by Crippen LogP contribution is 2.37. The Bertz CT molecular complexity index is 559. The third-order valence-electron chi connectivity index (χ3n) is 4.00. The molecule has 1 heterocycles. The van der Waals surface area contributed by atoms with Crippen molar-refractivity contribution in [1.29, 1.82) is 0 Å². The van der Waals surface area contributed by atoms with Crippen LogP contribution in [0.25, 0.3) is 0 Å². The molecule has 1 fully saturated rings. The van der Waals surface area contributed by atoms with E-state index >= 15 is 0 Å². The van der Waals surface area contributed by atoms with Crippen molar-refractivity contribution in [2.45, 2.75) is 46.6 Å². The van der Waals surface area contributed by atoms with E-state index in [-0.39, 0.29) is 12.1 Å². The quantitative estimate of drug-likeness (QED) is 0.875. The van der Waals surface area contributed by atoms with Crippen molar-refractivity contribution in [3.8, 4) is 0 Å². The Morgan fingerprint density at radius 3 is 2.63 bits per heavy atom. The summed E-state index contributed by atoms with van der Waals surface area (Å²) in [6.07, 6.45) is 2.38. The fraction of sp³-hybridized carbons (Fsp3) is 0.643. The number of carboxylic acids is 1. The van der Waals surface area contributed by atoms with Gasteiger partial charge >= 0.3 is 11.7 Å². The van der Waals surface area contributed by atoms with Gasteiger partial charge in [0, 0.05) is 23.5 Å². The molecule has 0 aliphatic heterocycles. The van der Waals surface area contributed by atoms with Gasteiger partial charge in [-0.25, -0.2) is 4.79 Å². The highest BCUT2D eigenvalue weighted by molar-refractivity contribution is 5.70. The van der Waals surface area contributed by atoms with Crippen LogP contribution in [0.15, 0.2) is 4.79 Å². The van der Waals surface area contributed by atoms with Gasteiger partial charge in [0.25, 0.3) is 0 Å². The highest BCUT2D eigenvalue weighted by Gasteiger charge is 2.28. The van der Waals surface area contributed by atoms with Gasteiger partial charge in [0.15, 0.2) is 0 Å². The molecule has 2 rings (SSSR count). The molecule has 104 valence electrons. The number of hydrogen-bond acceptors (Lipinski definition) is 3. The van der Waals surface area contributed by atoms with Crippen LogP contribution in [0.4, 0.5) is 0 Å². The first-order valence-corrected chi connectivity index (χ1v) is 6.69. The van der Waals surface area contributed by atoms with E-state index in [1.807, 2.05) is 6.92 Å². The predicted octanol–water partition coefficient (Wildman–Crippen LogP) is 1.53. The first kappa shape index (κ1) is 13.8. The summed E-state index contributed by atoms with van der Waals surface area (Å²) in [7, 11) is 0. The van der Waals surface area contributed by atoms with Crippen molar-refractivity contribution in [2.75, 3.05) is 0 Å². The Morgan fingerprint density at radius 2 is 2.11 bits per heavy atom. The molecule has 1 aromatic rings. The normalized spacial score (nSPS) is 16.4. The van der Waals surface area contributed by atoms with Crippen LogP contribution >= 0.6 is 0 Å². The molecule has 5 nitrogen and oxygen atoms in total. The standard InChI is InChI=1S/C14H20N2O3/c1-8(11-4-5-11)7-16-10(3)12(6-13(17)18)9(2)15-14(16)19/h8,11H,4-7H2,1-3H3,(H,17,18). The van der Waals surface area contributed by atoms with Crippen LogP contribution in [0.5, 0.6) is 0 Å². The van der Waals surface area contributed by atoms with Crippen LogP contribution in [-0.2, 0) is 17.8 Å². The molecule has 5 heteroatoms. The first-order chi connectivity index (χ1) is 8.90. The molecule has 0 radical (unpaired) electrons. The highest BCUT2D eigenvalue weighted by atomic mass is 16.4. The van der Waals surface area contributed by atoms with Crippen LogP contribution in [0.2, 0.25) is 0 Å².